The predicted molar refractivity (Wildman–Crippen MR) is 357 cm³/mol. The zero-order chi connectivity index (χ0) is 59.2. The average molecular weight is 1130 g/mol. The normalized spacial score (nSPS) is 13.4. The van der Waals surface area contributed by atoms with Crippen molar-refractivity contribution >= 4 is 17.9 Å². The summed E-state index contributed by atoms with van der Waals surface area (Å²) < 4.78 is 16.8. The summed E-state index contributed by atoms with van der Waals surface area (Å²) in [5, 5.41) is 0. The number of rotatable bonds is 57. The van der Waals surface area contributed by atoms with E-state index in [-0.39, 0.29) is 31.1 Å². The minimum atomic E-state index is -0.812. The van der Waals surface area contributed by atoms with E-state index in [0.717, 1.165) is 186 Å². The maximum absolute atomic E-state index is 12.9. The molecule has 1 unspecified atom stereocenters. The van der Waals surface area contributed by atoms with E-state index < -0.39 is 6.10 Å². The number of allylic oxidation sites excluding steroid dienone is 30. The van der Waals surface area contributed by atoms with Gasteiger partial charge >= 0.3 is 17.9 Å². The van der Waals surface area contributed by atoms with Crippen molar-refractivity contribution in [2.45, 2.75) is 264 Å². The fraction of sp³-hybridized carbons (Fsp3) is 0.566. The van der Waals surface area contributed by atoms with Crippen LogP contribution in [0.25, 0.3) is 0 Å². The van der Waals surface area contributed by atoms with Crippen LogP contribution in [0.15, 0.2) is 182 Å². The van der Waals surface area contributed by atoms with Gasteiger partial charge in [-0.3, -0.25) is 14.4 Å². The molecular formula is C76H118O6. The van der Waals surface area contributed by atoms with Gasteiger partial charge in [-0.25, -0.2) is 0 Å². The first kappa shape index (κ1) is 76.5. The summed E-state index contributed by atoms with van der Waals surface area (Å²) in [6.07, 6.45) is 102. The standard InChI is InChI=1S/C76H118O6/c1-4-7-10-13-16-19-22-24-26-28-30-32-34-35-36-37-38-39-40-41-43-44-46-48-50-52-54-57-60-63-66-69-75(78)81-72-73(71-80-74(77)68-65-62-59-56-21-18-15-12-9-6-3)82-76(79)70-67-64-61-58-55-53-51-49-47-45-42-33-31-29-27-25-23-20-17-14-11-8-5-2/h7-8,10-12,15-17,19-20,24-27,30-33,35-36,38-39,41,43,45-48,52,54,73H,4-6,9,13-14,18,21-23,28-29,34,37,40,42,44,49-51,53,55-72H2,1-3H3/b10-7-,11-8-,15-12-,19-16-,20-17-,26-24-,27-25-,32-30-,33-31-,36-35-,39-38-,43-41-,47-45-,48-46-,54-52-. The Morgan fingerprint density at radius 3 is 0.768 bits per heavy atom. The van der Waals surface area contributed by atoms with Crippen molar-refractivity contribution < 1.29 is 28.6 Å². The van der Waals surface area contributed by atoms with E-state index in [9.17, 15) is 14.4 Å². The van der Waals surface area contributed by atoms with Gasteiger partial charge in [0.15, 0.2) is 6.10 Å². The van der Waals surface area contributed by atoms with Gasteiger partial charge in [-0.2, -0.15) is 0 Å². The molecule has 0 bridgehead atoms. The van der Waals surface area contributed by atoms with Gasteiger partial charge in [0.25, 0.3) is 0 Å². The summed E-state index contributed by atoms with van der Waals surface area (Å²) in [7, 11) is 0. The minimum absolute atomic E-state index is 0.106. The fourth-order valence-electron chi connectivity index (χ4n) is 8.29. The van der Waals surface area contributed by atoms with E-state index in [1.165, 1.54) is 32.1 Å². The molecule has 0 radical (unpaired) electrons. The van der Waals surface area contributed by atoms with Gasteiger partial charge in [0.2, 0.25) is 0 Å². The van der Waals surface area contributed by atoms with Crippen LogP contribution in [-0.4, -0.2) is 37.2 Å². The SMILES string of the molecule is CC/C=C\C/C=C\C/C=C\C/C=C\C/C=C\C/C=C\C/C=C\C/C=C\C/C=C\CCCCCC(=O)OCC(COC(=O)CCCCCCC/C=C\CCC)OC(=O)CCCCCCCCC/C=C\C/C=C\C/C=C\C/C=C\C/C=C\CC. The molecule has 6 heteroatoms. The molecule has 0 saturated heterocycles. The molecule has 0 heterocycles. The Bertz CT molecular complexity index is 1920. The molecule has 0 aliphatic carbocycles. The zero-order valence-electron chi connectivity index (χ0n) is 52.4. The zero-order valence-corrected chi connectivity index (χ0v) is 52.4. The number of ether oxygens (including phenoxy) is 3. The number of carbonyl (C=O) groups is 3. The lowest BCUT2D eigenvalue weighted by atomic mass is 10.1. The first-order valence-electron chi connectivity index (χ1n) is 32.8. The molecule has 0 aromatic rings. The van der Waals surface area contributed by atoms with Gasteiger partial charge in [-0.1, -0.05) is 267 Å². The van der Waals surface area contributed by atoms with Crippen molar-refractivity contribution in [1.29, 1.82) is 0 Å². The molecule has 82 heavy (non-hydrogen) atoms. The molecule has 0 rings (SSSR count). The van der Waals surface area contributed by atoms with Crippen LogP contribution in [0.3, 0.4) is 0 Å². The first-order valence-corrected chi connectivity index (χ1v) is 32.8. The molecule has 0 aromatic heterocycles. The fourth-order valence-corrected chi connectivity index (χ4v) is 8.29. The van der Waals surface area contributed by atoms with Gasteiger partial charge in [-0.05, 0) is 154 Å². The molecule has 0 fully saturated rings. The average Bonchev–Trinajstić information content (AvgIpc) is 3.47. The van der Waals surface area contributed by atoms with Gasteiger partial charge in [-0.15, -0.1) is 0 Å². The van der Waals surface area contributed by atoms with Crippen LogP contribution < -0.4 is 0 Å². The lowest BCUT2D eigenvalue weighted by molar-refractivity contribution is -0.167. The van der Waals surface area contributed by atoms with Crippen LogP contribution in [0, 0.1) is 0 Å². The highest BCUT2D eigenvalue weighted by Crippen LogP contribution is 2.14. The Morgan fingerprint density at radius 2 is 0.476 bits per heavy atom. The van der Waals surface area contributed by atoms with Crippen molar-refractivity contribution in [1.82, 2.24) is 0 Å². The third kappa shape index (κ3) is 65.3. The maximum atomic E-state index is 12.9. The Labute approximate surface area is 504 Å². The van der Waals surface area contributed by atoms with Crippen molar-refractivity contribution in [3.05, 3.63) is 182 Å². The van der Waals surface area contributed by atoms with Crippen LogP contribution >= 0.6 is 0 Å². The first-order chi connectivity index (χ1) is 40.5. The number of carbonyl (C=O) groups excluding carboxylic acids is 3. The molecule has 6 nitrogen and oxygen atoms in total. The Balaban J connectivity index is 4.38. The van der Waals surface area contributed by atoms with Crippen LogP contribution in [-0.2, 0) is 28.6 Å². The van der Waals surface area contributed by atoms with E-state index in [1.54, 1.807) is 0 Å². The third-order valence-electron chi connectivity index (χ3n) is 13.1. The second-order valence-electron chi connectivity index (χ2n) is 20.9. The summed E-state index contributed by atoms with van der Waals surface area (Å²) in [4.78, 5) is 38.3. The number of hydrogen-bond acceptors (Lipinski definition) is 6. The van der Waals surface area contributed by atoms with E-state index in [1.807, 2.05) is 0 Å². The molecule has 0 aliphatic heterocycles. The summed E-state index contributed by atoms with van der Waals surface area (Å²) in [5.74, 6) is -0.969. The molecule has 0 saturated carbocycles. The minimum Gasteiger partial charge on any atom is -0.462 e. The molecule has 0 amide bonds. The van der Waals surface area contributed by atoms with Crippen molar-refractivity contribution in [2.24, 2.45) is 0 Å². The number of esters is 3. The molecule has 0 N–H and O–H groups in total. The van der Waals surface area contributed by atoms with E-state index in [2.05, 4.69) is 203 Å². The van der Waals surface area contributed by atoms with Crippen LogP contribution in [0.1, 0.15) is 258 Å². The second-order valence-corrected chi connectivity index (χ2v) is 20.9. The smallest absolute Gasteiger partial charge is 0.306 e. The summed E-state index contributed by atoms with van der Waals surface area (Å²) in [6.45, 7) is 6.29. The third-order valence-corrected chi connectivity index (χ3v) is 13.1. The molecule has 458 valence electrons. The molecular weight excluding hydrogens is 1010 g/mol. The Morgan fingerprint density at radius 1 is 0.256 bits per heavy atom. The van der Waals surface area contributed by atoms with Gasteiger partial charge < -0.3 is 14.2 Å². The molecule has 0 spiro atoms. The molecule has 0 aromatic carbocycles. The summed E-state index contributed by atoms with van der Waals surface area (Å²) in [6, 6.07) is 0. The van der Waals surface area contributed by atoms with Crippen LogP contribution in [0.4, 0.5) is 0 Å². The van der Waals surface area contributed by atoms with Crippen molar-refractivity contribution in [3.63, 3.8) is 0 Å². The Kier molecular flexibility index (Phi) is 63.5. The lowest BCUT2D eigenvalue weighted by Gasteiger charge is -2.18. The molecule has 0 aliphatic rings. The van der Waals surface area contributed by atoms with Gasteiger partial charge in [0.05, 0.1) is 0 Å². The highest BCUT2D eigenvalue weighted by atomic mass is 16.6. The van der Waals surface area contributed by atoms with Crippen molar-refractivity contribution in [2.75, 3.05) is 13.2 Å². The predicted octanol–water partition coefficient (Wildman–Crippen LogP) is 22.8. The topological polar surface area (TPSA) is 78.9 Å². The van der Waals surface area contributed by atoms with Crippen LogP contribution in [0.2, 0.25) is 0 Å². The van der Waals surface area contributed by atoms with Gasteiger partial charge in [0.1, 0.15) is 13.2 Å². The van der Waals surface area contributed by atoms with Crippen molar-refractivity contribution in [3.8, 4) is 0 Å². The highest BCUT2D eigenvalue weighted by molar-refractivity contribution is 5.71. The van der Waals surface area contributed by atoms with E-state index >= 15 is 0 Å². The van der Waals surface area contributed by atoms with E-state index in [0.29, 0.717) is 19.3 Å². The summed E-state index contributed by atoms with van der Waals surface area (Å²) >= 11 is 0. The van der Waals surface area contributed by atoms with E-state index in [4.69, 9.17) is 14.2 Å². The number of hydrogen-bond donors (Lipinski definition) is 0. The molecule has 1 atom stereocenters. The second kappa shape index (κ2) is 68.0. The highest BCUT2D eigenvalue weighted by Gasteiger charge is 2.19. The maximum Gasteiger partial charge on any atom is 0.306 e. The van der Waals surface area contributed by atoms with Gasteiger partial charge in [0, 0.05) is 19.3 Å². The largest absolute Gasteiger partial charge is 0.462 e. The van der Waals surface area contributed by atoms with Crippen LogP contribution in [0.5, 0.6) is 0 Å². The lowest BCUT2D eigenvalue weighted by Crippen LogP contribution is -2.30. The quantitative estimate of drug-likeness (QED) is 0.0261. The monoisotopic (exact) mass is 1130 g/mol. The number of unbranched alkanes of at least 4 members (excludes halogenated alkanes) is 16. The summed E-state index contributed by atoms with van der Waals surface area (Å²) in [5.41, 5.74) is 0. The Hall–Kier alpha value is -5.49.